The number of halogens is 1. The molecule has 1 aliphatic heterocycles. The van der Waals surface area contributed by atoms with Crippen LogP contribution in [-0.4, -0.2) is 29.9 Å². The minimum absolute atomic E-state index is 0.0620. The second-order valence-electron chi connectivity index (χ2n) is 3.64. The van der Waals surface area contributed by atoms with Crippen LogP contribution in [0.3, 0.4) is 0 Å². The van der Waals surface area contributed by atoms with Gasteiger partial charge in [-0.25, -0.2) is 4.98 Å². The molecule has 1 saturated heterocycles. The van der Waals surface area contributed by atoms with E-state index in [2.05, 4.69) is 10.3 Å². The standard InChI is InChI=1S/C10H11ClN4O2/c11-9-6(3-12)1-2-13-10(9)15-4-7(16)14-8(17)5-15/h1-2H,3-5,12H2,(H,14,16,17). The topological polar surface area (TPSA) is 88.3 Å². The lowest BCUT2D eigenvalue weighted by Gasteiger charge is -2.27. The number of pyridine rings is 1. The van der Waals surface area contributed by atoms with Gasteiger partial charge in [-0.15, -0.1) is 0 Å². The average Bonchev–Trinajstić information content (AvgIpc) is 2.28. The Balaban J connectivity index is 2.33. The van der Waals surface area contributed by atoms with Gasteiger partial charge in [0.15, 0.2) is 0 Å². The third kappa shape index (κ3) is 2.37. The molecule has 1 aromatic heterocycles. The maximum atomic E-state index is 11.3. The second-order valence-corrected chi connectivity index (χ2v) is 4.02. The fourth-order valence-electron chi connectivity index (χ4n) is 1.64. The third-order valence-electron chi connectivity index (χ3n) is 2.42. The van der Waals surface area contributed by atoms with Crippen LogP contribution in [0.15, 0.2) is 12.3 Å². The maximum Gasteiger partial charge on any atom is 0.246 e. The van der Waals surface area contributed by atoms with Gasteiger partial charge < -0.3 is 10.6 Å². The van der Waals surface area contributed by atoms with Crippen LogP contribution in [0, 0.1) is 0 Å². The van der Waals surface area contributed by atoms with Crippen molar-refractivity contribution in [2.75, 3.05) is 18.0 Å². The van der Waals surface area contributed by atoms with E-state index in [1.807, 2.05) is 0 Å². The van der Waals surface area contributed by atoms with Crippen LogP contribution in [0.1, 0.15) is 5.56 Å². The summed E-state index contributed by atoms with van der Waals surface area (Å²) in [5.41, 5.74) is 6.26. The summed E-state index contributed by atoms with van der Waals surface area (Å²) in [5.74, 6) is -0.313. The van der Waals surface area contributed by atoms with Gasteiger partial charge in [-0.1, -0.05) is 11.6 Å². The van der Waals surface area contributed by atoms with Crippen LogP contribution in [0.4, 0.5) is 5.82 Å². The van der Waals surface area contributed by atoms with E-state index >= 15 is 0 Å². The molecule has 1 fully saturated rings. The number of anilines is 1. The lowest BCUT2D eigenvalue weighted by Crippen LogP contribution is -2.51. The molecule has 17 heavy (non-hydrogen) atoms. The highest BCUT2D eigenvalue weighted by atomic mass is 35.5. The van der Waals surface area contributed by atoms with Gasteiger partial charge >= 0.3 is 0 Å². The van der Waals surface area contributed by atoms with Crippen molar-refractivity contribution in [3.8, 4) is 0 Å². The van der Waals surface area contributed by atoms with E-state index in [1.165, 1.54) is 4.90 Å². The molecule has 7 heteroatoms. The lowest BCUT2D eigenvalue weighted by molar-refractivity contribution is -0.130. The molecule has 6 nitrogen and oxygen atoms in total. The Morgan fingerprint density at radius 2 is 2.06 bits per heavy atom. The fourth-order valence-corrected chi connectivity index (χ4v) is 1.94. The first-order valence-corrected chi connectivity index (χ1v) is 5.40. The SMILES string of the molecule is NCc1ccnc(N2CC(=O)NC(=O)C2)c1Cl. The number of amides is 2. The van der Waals surface area contributed by atoms with Crippen molar-refractivity contribution in [2.45, 2.75) is 6.54 Å². The van der Waals surface area contributed by atoms with E-state index < -0.39 is 0 Å². The van der Waals surface area contributed by atoms with E-state index in [-0.39, 0.29) is 31.4 Å². The Kier molecular flexibility index (Phi) is 3.26. The monoisotopic (exact) mass is 254 g/mol. The predicted molar refractivity (Wildman–Crippen MR) is 62.5 cm³/mol. The minimum Gasteiger partial charge on any atom is -0.337 e. The smallest absolute Gasteiger partial charge is 0.246 e. The van der Waals surface area contributed by atoms with Gasteiger partial charge in [0.1, 0.15) is 5.82 Å². The van der Waals surface area contributed by atoms with E-state index in [9.17, 15) is 9.59 Å². The van der Waals surface area contributed by atoms with Gasteiger partial charge in [0.2, 0.25) is 11.8 Å². The molecule has 1 aromatic rings. The minimum atomic E-state index is -0.364. The van der Waals surface area contributed by atoms with Crippen LogP contribution >= 0.6 is 11.6 Å². The molecule has 0 unspecified atom stereocenters. The van der Waals surface area contributed by atoms with E-state index in [4.69, 9.17) is 17.3 Å². The maximum absolute atomic E-state index is 11.3. The Bertz CT molecular complexity index is 461. The summed E-state index contributed by atoms with van der Waals surface area (Å²) < 4.78 is 0. The Labute approximate surface area is 103 Å². The van der Waals surface area contributed by atoms with Gasteiger partial charge in [0, 0.05) is 12.7 Å². The molecule has 0 spiro atoms. The van der Waals surface area contributed by atoms with E-state index in [0.29, 0.717) is 10.8 Å². The van der Waals surface area contributed by atoms with Crippen molar-refractivity contribution >= 4 is 29.2 Å². The van der Waals surface area contributed by atoms with Gasteiger partial charge in [0.05, 0.1) is 18.1 Å². The number of hydrogen-bond donors (Lipinski definition) is 2. The van der Waals surface area contributed by atoms with Crippen molar-refractivity contribution in [3.63, 3.8) is 0 Å². The number of piperazine rings is 1. The summed E-state index contributed by atoms with van der Waals surface area (Å²) in [6.07, 6.45) is 1.56. The first-order valence-electron chi connectivity index (χ1n) is 5.03. The molecule has 2 heterocycles. The Morgan fingerprint density at radius 3 is 2.65 bits per heavy atom. The second kappa shape index (κ2) is 4.68. The summed E-state index contributed by atoms with van der Waals surface area (Å²) in [6.45, 7) is 0.404. The molecule has 90 valence electrons. The molecule has 0 aromatic carbocycles. The molecule has 0 atom stereocenters. The highest BCUT2D eigenvalue weighted by molar-refractivity contribution is 6.33. The summed E-state index contributed by atoms with van der Waals surface area (Å²) in [5, 5.41) is 2.60. The number of carbonyl (C=O) groups excluding carboxylic acids is 2. The molecule has 0 bridgehead atoms. The largest absolute Gasteiger partial charge is 0.337 e. The number of nitrogens with zero attached hydrogens (tertiary/aromatic N) is 2. The number of rotatable bonds is 2. The van der Waals surface area contributed by atoms with Crippen molar-refractivity contribution in [2.24, 2.45) is 5.73 Å². The molecule has 2 rings (SSSR count). The Morgan fingerprint density at radius 1 is 1.41 bits per heavy atom. The van der Waals surface area contributed by atoms with Crippen LogP contribution in [0.2, 0.25) is 5.02 Å². The molecule has 0 aliphatic carbocycles. The molecule has 1 aliphatic rings. The number of carbonyl (C=O) groups is 2. The quantitative estimate of drug-likeness (QED) is 0.705. The first-order chi connectivity index (χ1) is 8.11. The average molecular weight is 255 g/mol. The number of nitrogens with two attached hydrogens (primary N) is 1. The molecule has 3 N–H and O–H groups in total. The van der Waals surface area contributed by atoms with Crippen LogP contribution in [0.5, 0.6) is 0 Å². The van der Waals surface area contributed by atoms with Crippen LogP contribution < -0.4 is 16.0 Å². The highest BCUT2D eigenvalue weighted by Crippen LogP contribution is 2.26. The molecular weight excluding hydrogens is 244 g/mol. The van der Waals surface area contributed by atoms with Gasteiger partial charge in [-0.3, -0.25) is 14.9 Å². The first kappa shape index (κ1) is 11.8. The van der Waals surface area contributed by atoms with Crippen LogP contribution in [-0.2, 0) is 16.1 Å². The summed E-state index contributed by atoms with van der Waals surface area (Å²) >= 11 is 6.11. The normalized spacial score (nSPS) is 16.0. The zero-order valence-electron chi connectivity index (χ0n) is 8.94. The number of hydrogen-bond acceptors (Lipinski definition) is 5. The highest BCUT2D eigenvalue weighted by Gasteiger charge is 2.25. The molecule has 0 saturated carbocycles. The summed E-state index contributed by atoms with van der Waals surface area (Å²) in [6, 6.07) is 1.71. The lowest BCUT2D eigenvalue weighted by atomic mass is 10.2. The number of imide groups is 1. The van der Waals surface area contributed by atoms with E-state index in [1.54, 1.807) is 12.3 Å². The number of nitrogens with one attached hydrogen (secondary N) is 1. The van der Waals surface area contributed by atoms with Crippen LogP contribution in [0.25, 0.3) is 0 Å². The van der Waals surface area contributed by atoms with Crippen molar-refractivity contribution in [1.82, 2.24) is 10.3 Å². The molecule has 2 amide bonds. The fraction of sp³-hybridized carbons (Fsp3) is 0.300. The predicted octanol–water partition coefficient (Wildman–Crippen LogP) is -0.343. The zero-order chi connectivity index (χ0) is 12.4. The zero-order valence-corrected chi connectivity index (χ0v) is 9.70. The number of aromatic nitrogens is 1. The van der Waals surface area contributed by atoms with Gasteiger partial charge in [0.25, 0.3) is 0 Å². The van der Waals surface area contributed by atoms with Gasteiger partial charge in [-0.2, -0.15) is 0 Å². The third-order valence-corrected chi connectivity index (χ3v) is 2.83. The van der Waals surface area contributed by atoms with E-state index in [0.717, 1.165) is 5.56 Å². The summed E-state index contributed by atoms with van der Waals surface area (Å²) in [7, 11) is 0. The Hall–Kier alpha value is -1.66. The summed E-state index contributed by atoms with van der Waals surface area (Å²) in [4.78, 5) is 28.1. The van der Waals surface area contributed by atoms with Crippen molar-refractivity contribution < 1.29 is 9.59 Å². The van der Waals surface area contributed by atoms with Crippen molar-refractivity contribution in [1.29, 1.82) is 0 Å². The van der Waals surface area contributed by atoms with Gasteiger partial charge in [-0.05, 0) is 11.6 Å². The molecule has 0 radical (unpaired) electrons. The van der Waals surface area contributed by atoms with Crippen molar-refractivity contribution in [3.05, 3.63) is 22.8 Å². The molecular formula is C10H11ClN4O2.